The number of nitrogens with zero attached hydrogens (tertiary/aromatic N) is 4. The molecule has 3 aromatic heterocycles. The SMILES string of the molecule is C[C@H](Oc1ccc2[nH]nc(-c3cnc(N4C[C@@H](CS(C)(=O)=O)[C@@H]4C)c(F)c3)c2c1)c1c(Cl)cncc1Cl. The van der Waals surface area contributed by atoms with Crippen LogP contribution in [0.3, 0.4) is 0 Å². The molecule has 0 amide bonds. The van der Waals surface area contributed by atoms with Crippen molar-refractivity contribution in [2.24, 2.45) is 5.92 Å². The Morgan fingerprint density at radius 2 is 1.95 bits per heavy atom. The Hall–Kier alpha value is -2.95. The summed E-state index contributed by atoms with van der Waals surface area (Å²) in [6.45, 7) is 4.15. The average molecular weight is 564 g/mol. The number of aromatic nitrogens is 4. The molecule has 1 aromatic carbocycles. The van der Waals surface area contributed by atoms with Crippen molar-refractivity contribution in [3.8, 4) is 17.0 Å². The Morgan fingerprint density at radius 1 is 1.22 bits per heavy atom. The van der Waals surface area contributed by atoms with Crippen molar-refractivity contribution in [2.75, 3.05) is 23.5 Å². The number of nitrogens with one attached hydrogen (secondary N) is 1. The molecule has 194 valence electrons. The van der Waals surface area contributed by atoms with Gasteiger partial charge in [-0.25, -0.2) is 17.8 Å². The van der Waals surface area contributed by atoms with Crippen LogP contribution in [0.1, 0.15) is 25.5 Å². The van der Waals surface area contributed by atoms with Gasteiger partial charge in [0, 0.05) is 59.9 Å². The minimum atomic E-state index is -3.10. The van der Waals surface area contributed by atoms with Crippen molar-refractivity contribution < 1.29 is 17.5 Å². The molecular formula is C25H24Cl2FN5O3S. The van der Waals surface area contributed by atoms with Crippen LogP contribution in [0.5, 0.6) is 5.75 Å². The lowest BCUT2D eigenvalue weighted by Gasteiger charge is -2.47. The number of benzene rings is 1. The average Bonchev–Trinajstić information content (AvgIpc) is 3.24. The summed E-state index contributed by atoms with van der Waals surface area (Å²) < 4.78 is 44.5. The van der Waals surface area contributed by atoms with Gasteiger partial charge in [-0.3, -0.25) is 10.1 Å². The molecule has 3 atom stereocenters. The van der Waals surface area contributed by atoms with Crippen molar-refractivity contribution in [3.63, 3.8) is 0 Å². The third-order valence-electron chi connectivity index (χ3n) is 6.63. The van der Waals surface area contributed by atoms with Gasteiger partial charge in [0.05, 0.1) is 21.3 Å². The maximum absolute atomic E-state index is 15.2. The summed E-state index contributed by atoms with van der Waals surface area (Å²) in [5, 5.41) is 8.88. The topological polar surface area (TPSA) is 101 Å². The summed E-state index contributed by atoms with van der Waals surface area (Å²) in [6, 6.07) is 6.70. The number of halogens is 3. The fourth-order valence-corrected chi connectivity index (χ4v) is 6.51. The summed E-state index contributed by atoms with van der Waals surface area (Å²) >= 11 is 12.5. The number of aromatic amines is 1. The summed E-state index contributed by atoms with van der Waals surface area (Å²) in [5.41, 5.74) is 2.41. The molecule has 1 aliphatic rings. The number of fused-ring (bicyclic) bond motifs is 1. The highest BCUT2D eigenvalue weighted by Crippen LogP contribution is 2.37. The van der Waals surface area contributed by atoms with Gasteiger partial charge in [-0.2, -0.15) is 5.10 Å². The molecule has 4 aromatic rings. The first-order valence-electron chi connectivity index (χ1n) is 11.6. The predicted molar refractivity (Wildman–Crippen MR) is 143 cm³/mol. The van der Waals surface area contributed by atoms with E-state index in [4.69, 9.17) is 27.9 Å². The Labute approximate surface area is 223 Å². The number of hydrogen-bond acceptors (Lipinski definition) is 7. The Bertz CT molecular complexity index is 1580. The molecule has 8 nitrogen and oxygen atoms in total. The molecule has 0 radical (unpaired) electrons. The Morgan fingerprint density at radius 3 is 2.59 bits per heavy atom. The molecule has 0 unspecified atom stereocenters. The van der Waals surface area contributed by atoms with Crippen LogP contribution in [-0.2, 0) is 9.84 Å². The van der Waals surface area contributed by atoms with E-state index in [9.17, 15) is 8.42 Å². The van der Waals surface area contributed by atoms with E-state index in [1.54, 1.807) is 17.2 Å². The van der Waals surface area contributed by atoms with Gasteiger partial charge in [0.15, 0.2) is 11.6 Å². The summed E-state index contributed by atoms with van der Waals surface area (Å²) in [7, 11) is -3.10. The highest BCUT2D eigenvalue weighted by atomic mass is 35.5. The fourth-order valence-electron chi connectivity index (χ4n) is 4.68. The molecule has 37 heavy (non-hydrogen) atoms. The lowest BCUT2D eigenvalue weighted by atomic mass is 9.91. The minimum Gasteiger partial charge on any atom is -0.486 e. The molecule has 0 spiro atoms. The van der Waals surface area contributed by atoms with Gasteiger partial charge in [-0.1, -0.05) is 23.2 Å². The van der Waals surface area contributed by atoms with Gasteiger partial charge in [0.2, 0.25) is 0 Å². The molecule has 5 rings (SSSR count). The van der Waals surface area contributed by atoms with Gasteiger partial charge in [0.1, 0.15) is 27.4 Å². The lowest BCUT2D eigenvalue weighted by molar-refractivity contribution is 0.227. The second kappa shape index (κ2) is 9.74. The van der Waals surface area contributed by atoms with Crippen LogP contribution in [0.2, 0.25) is 10.0 Å². The predicted octanol–water partition coefficient (Wildman–Crippen LogP) is 5.48. The molecule has 1 saturated heterocycles. The third-order valence-corrected chi connectivity index (χ3v) is 8.27. The quantitative estimate of drug-likeness (QED) is 0.318. The summed E-state index contributed by atoms with van der Waals surface area (Å²) in [6.07, 6.45) is 5.36. The molecule has 0 bridgehead atoms. The van der Waals surface area contributed by atoms with Crippen molar-refractivity contribution >= 4 is 49.8 Å². The van der Waals surface area contributed by atoms with Gasteiger partial charge in [0.25, 0.3) is 0 Å². The molecular weight excluding hydrogens is 540 g/mol. The van der Waals surface area contributed by atoms with Crippen molar-refractivity contribution in [1.82, 2.24) is 20.2 Å². The maximum Gasteiger partial charge on any atom is 0.166 e. The second-order valence-corrected chi connectivity index (χ2v) is 12.3. The van der Waals surface area contributed by atoms with Crippen molar-refractivity contribution in [1.29, 1.82) is 0 Å². The van der Waals surface area contributed by atoms with E-state index < -0.39 is 21.8 Å². The summed E-state index contributed by atoms with van der Waals surface area (Å²) in [5.74, 6) is 0.282. The molecule has 1 N–H and O–H groups in total. The highest BCUT2D eigenvalue weighted by Gasteiger charge is 2.39. The largest absolute Gasteiger partial charge is 0.486 e. The standard InChI is InChI=1S/C25H24Cl2FN5O3S/c1-13-16(12-37(3,34)35)11-33(13)25-21(28)6-15(8-30-25)24-18-7-17(4-5-22(18)31-32-24)36-14(2)23-19(26)9-29-10-20(23)27/h4-10,13-14,16H,11-12H2,1-3H3,(H,31,32)/t13-,14-,16-/m0/s1. The first-order chi connectivity index (χ1) is 17.5. The molecule has 0 saturated carbocycles. The van der Waals surface area contributed by atoms with Crippen molar-refractivity contribution in [2.45, 2.75) is 26.0 Å². The number of anilines is 1. The number of hydrogen-bond donors (Lipinski definition) is 1. The van der Waals surface area contributed by atoms with Crippen LogP contribution in [0, 0.1) is 11.7 Å². The van der Waals surface area contributed by atoms with Crippen LogP contribution in [0.25, 0.3) is 22.2 Å². The fraction of sp³-hybridized carbons (Fsp3) is 0.320. The van der Waals surface area contributed by atoms with Crippen LogP contribution in [0.15, 0.2) is 42.9 Å². The molecule has 1 fully saturated rings. The number of ether oxygens (including phenoxy) is 1. The normalized spacial score (nSPS) is 18.6. The van der Waals surface area contributed by atoms with E-state index >= 15 is 4.39 Å². The monoisotopic (exact) mass is 563 g/mol. The number of rotatable bonds is 7. The van der Waals surface area contributed by atoms with Gasteiger partial charge >= 0.3 is 0 Å². The number of sulfone groups is 1. The van der Waals surface area contributed by atoms with E-state index in [1.165, 1.54) is 24.7 Å². The molecule has 1 aliphatic heterocycles. The van der Waals surface area contributed by atoms with Crippen LogP contribution >= 0.6 is 23.2 Å². The lowest BCUT2D eigenvalue weighted by Crippen LogP contribution is -2.57. The van der Waals surface area contributed by atoms with Crippen molar-refractivity contribution in [3.05, 3.63) is 64.3 Å². The summed E-state index contributed by atoms with van der Waals surface area (Å²) in [4.78, 5) is 10.1. The maximum atomic E-state index is 15.2. The third kappa shape index (κ3) is 5.10. The zero-order valence-corrected chi connectivity index (χ0v) is 22.6. The molecule has 0 aliphatic carbocycles. The smallest absolute Gasteiger partial charge is 0.166 e. The molecule has 12 heteroatoms. The van der Waals surface area contributed by atoms with Crippen LogP contribution in [-0.4, -0.2) is 53.2 Å². The highest BCUT2D eigenvalue weighted by molar-refractivity contribution is 7.90. The van der Waals surface area contributed by atoms with Gasteiger partial charge in [-0.05, 0) is 38.1 Å². The first-order valence-corrected chi connectivity index (χ1v) is 14.4. The second-order valence-electron chi connectivity index (χ2n) is 9.33. The van der Waals surface area contributed by atoms with E-state index in [0.29, 0.717) is 39.2 Å². The van der Waals surface area contributed by atoms with E-state index in [0.717, 1.165) is 10.9 Å². The minimum absolute atomic E-state index is 0.0520. The van der Waals surface area contributed by atoms with Crippen LogP contribution in [0.4, 0.5) is 10.2 Å². The van der Waals surface area contributed by atoms with E-state index in [1.807, 2.05) is 26.0 Å². The van der Waals surface area contributed by atoms with E-state index in [-0.39, 0.29) is 23.5 Å². The zero-order valence-electron chi connectivity index (χ0n) is 20.2. The molecule has 4 heterocycles. The van der Waals surface area contributed by atoms with Crippen LogP contribution < -0.4 is 9.64 Å². The Balaban J connectivity index is 1.39. The van der Waals surface area contributed by atoms with Gasteiger partial charge in [-0.15, -0.1) is 0 Å². The number of H-pyrrole nitrogens is 1. The van der Waals surface area contributed by atoms with E-state index in [2.05, 4.69) is 20.2 Å². The zero-order chi connectivity index (χ0) is 26.5. The van der Waals surface area contributed by atoms with Gasteiger partial charge < -0.3 is 9.64 Å². The number of pyridine rings is 2. The Kier molecular flexibility index (Phi) is 6.76. The first kappa shape index (κ1) is 25.7.